The number of aromatic nitrogens is 2. The molecule has 2 heterocycles. The largest absolute Gasteiger partial charge is 0.352 e. The lowest BCUT2D eigenvalue weighted by Crippen LogP contribution is -2.38. The molecule has 102 valence electrons. The number of nitrogens with zero attached hydrogens (tertiary/aromatic N) is 2. The van der Waals surface area contributed by atoms with E-state index in [1.807, 2.05) is 14.0 Å². The van der Waals surface area contributed by atoms with Crippen molar-refractivity contribution >= 4 is 18.3 Å². The lowest BCUT2D eigenvalue weighted by molar-refractivity contribution is 0.0944. The Labute approximate surface area is 114 Å². The van der Waals surface area contributed by atoms with Gasteiger partial charge in [-0.15, -0.1) is 12.4 Å². The zero-order valence-corrected chi connectivity index (χ0v) is 11.7. The van der Waals surface area contributed by atoms with Gasteiger partial charge in [-0.05, 0) is 38.8 Å². The van der Waals surface area contributed by atoms with Crippen LogP contribution in [0, 0.1) is 12.8 Å². The Hall–Kier alpha value is -1.07. The van der Waals surface area contributed by atoms with Crippen LogP contribution >= 0.6 is 12.4 Å². The summed E-state index contributed by atoms with van der Waals surface area (Å²) >= 11 is 0. The minimum atomic E-state index is -0.0128. The van der Waals surface area contributed by atoms with E-state index in [2.05, 4.69) is 15.7 Å². The van der Waals surface area contributed by atoms with Gasteiger partial charge in [-0.2, -0.15) is 5.10 Å². The zero-order chi connectivity index (χ0) is 12.3. The molecule has 0 radical (unpaired) electrons. The first-order chi connectivity index (χ1) is 8.16. The Morgan fingerprint density at radius 1 is 1.67 bits per heavy atom. The van der Waals surface area contributed by atoms with Crippen LogP contribution in [0.2, 0.25) is 0 Å². The smallest absolute Gasteiger partial charge is 0.254 e. The number of halogens is 1. The number of amides is 1. The van der Waals surface area contributed by atoms with Crippen molar-refractivity contribution < 1.29 is 4.79 Å². The van der Waals surface area contributed by atoms with Crippen molar-refractivity contribution in [3.63, 3.8) is 0 Å². The highest BCUT2D eigenvalue weighted by Crippen LogP contribution is 2.09. The maximum Gasteiger partial charge on any atom is 0.254 e. The fourth-order valence-corrected chi connectivity index (χ4v) is 2.25. The van der Waals surface area contributed by atoms with E-state index >= 15 is 0 Å². The molecule has 0 spiro atoms. The van der Waals surface area contributed by atoms with Crippen LogP contribution in [0.5, 0.6) is 0 Å². The van der Waals surface area contributed by atoms with E-state index in [1.54, 1.807) is 10.9 Å². The van der Waals surface area contributed by atoms with Gasteiger partial charge in [0.1, 0.15) is 0 Å². The fourth-order valence-electron chi connectivity index (χ4n) is 2.25. The van der Waals surface area contributed by atoms with Crippen molar-refractivity contribution in [2.24, 2.45) is 13.0 Å². The number of hydrogen-bond donors (Lipinski definition) is 2. The van der Waals surface area contributed by atoms with E-state index in [9.17, 15) is 4.79 Å². The van der Waals surface area contributed by atoms with Crippen LogP contribution in [0.4, 0.5) is 0 Å². The number of nitrogens with one attached hydrogen (secondary N) is 2. The van der Waals surface area contributed by atoms with Gasteiger partial charge in [-0.3, -0.25) is 9.48 Å². The van der Waals surface area contributed by atoms with Gasteiger partial charge in [0.2, 0.25) is 0 Å². The summed E-state index contributed by atoms with van der Waals surface area (Å²) in [6.45, 7) is 4.72. The van der Waals surface area contributed by atoms with Gasteiger partial charge in [0, 0.05) is 19.8 Å². The molecular formula is C12H21ClN4O. The molecule has 1 fully saturated rings. The number of hydrogen-bond acceptors (Lipinski definition) is 3. The number of carbonyl (C=O) groups excluding carboxylic acids is 1. The third-order valence-electron chi connectivity index (χ3n) is 3.21. The van der Waals surface area contributed by atoms with Crippen LogP contribution in [-0.4, -0.2) is 35.3 Å². The second-order valence-electron chi connectivity index (χ2n) is 4.72. The van der Waals surface area contributed by atoms with Crippen molar-refractivity contribution in [1.82, 2.24) is 20.4 Å². The van der Waals surface area contributed by atoms with Gasteiger partial charge in [-0.25, -0.2) is 0 Å². The highest BCUT2D eigenvalue weighted by molar-refractivity contribution is 5.94. The zero-order valence-electron chi connectivity index (χ0n) is 10.9. The summed E-state index contributed by atoms with van der Waals surface area (Å²) in [7, 11) is 1.83. The van der Waals surface area contributed by atoms with Crippen molar-refractivity contribution in [1.29, 1.82) is 0 Å². The van der Waals surface area contributed by atoms with Gasteiger partial charge in [0.05, 0.1) is 11.3 Å². The van der Waals surface area contributed by atoms with Gasteiger partial charge in [0.25, 0.3) is 5.91 Å². The molecule has 2 rings (SSSR count). The topological polar surface area (TPSA) is 59.0 Å². The first-order valence-electron chi connectivity index (χ1n) is 6.16. The van der Waals surface area contributed by atoms with Crippen LogP contribution < -0.4 is 10.6 Å². The Balaban J connectivity index is 0.00000162. The molecular weight excluding hydrogens is 252 g/mol. The van der Waals surface area contributed by atoms with Gasteiger partial charge in [0.15, 0.2) is 0 Å². The van der Waals surface area contributed by atoms with Crippen LogP contribution in [0.15, 0.2) is 6.20 Å². The van der Waals surface area contributed by atoms with E-state index < -0.39 is 0 Å². The molecule has 0 aromatic carbocycles. The standard InChI is InChI=1S/C12H20N4O.ClH/c1-9-11(8-16(2)15-9)12(17)14-7-10-4-3-5-13-6-10;/h8,10,13H,3-7H2,1-2H3,(H,14,17);1H. The third kappa shape index (κ3) is 3.71. The van der Waals surface area contributed by atoms with E-state index in [4.69, 9.17) is 0 Å². The van der Waals surface area contributed by atoms with Gasteiger partial charge in [-0.1, -0.05) is 0 Å². The van der Waals surface area contributed by atoms with Crippen molar-refractivity contribution in [3.8, 4) is 0 Å². The maximum atomic E-state index is 11.9. The number of aryl methyl sites for hydroxylation is 2. The quantitative estimate of drug-likeness (QED) is 0.859. The Kier molecular flexibility index (Phi) is 5.62. The monoisotopic (exact) mass is 272 g/mol. The summed E-state index contributed by atoms with van der Waals surface area (Å²) < 4.78 is 1.67. The molecule has 1 aromatic heterocycles. The first kappa shape index (κ1) is 15.0. The fraction of sp³-hybridized carbons (Fsp3) is 0.667. The summed E-state index contributed by atoms with van der Waals surface area (Å²) in [4.78, 5) is 11.9. The van der Waals surface area contributed by atoms with E-state index in [-0.39, 0.29) is 18.3 Å². The van der Waals surface area contributed by atoms with Gasteiger partial charge >= 0.3 is 0 Å². The van der Waals surface area contributed by atoms with Crippen LogP contribution in [0.3, 0.4) is 0 Å². The summed E-state index contributed by atoms with van der Waals surface area (Å²) in [5, 5.41) is 10.5. The molecule has 18 heavy (non-hydrogen) atoms. The molecule has 1 aromatic rings. The molecule has 5 nitrogen and oxygen atoms in total. The van der Waals surface area contributed by atoms with Crippen molar-refractivity contribution in [2.75, 3.05) is 19.6 Å². The normalized spacial score (nSPS) is 19.1. The minimum absolute atomic E-state index is 0. The molecule has 0 saturated carbocycles. The predicted octanol–water partition coefficient (Wildman–Crippen LogP) is 0.880. The lowest BCUT2D eigenvalue weighted by Gasteiger charge is -2.22. The van der Waals surface area contributed by atoms with Crippen LogP contribution in [-0.2, 0) is 7.05 Å². The van der Waals surface area contributed by atoms with Crippen LogP contribution in [0.25, 0.3) is 0 Å². The Morgan fingerprint density at radius 3 is 3.00 bits per heavy atom. The van der Waals surface area contributed by atoms with Gasteiger partial charge < -0.3 is 10.6 Å². The number of rotatable bonds is 3. The molecule has 1 amide bonds. The second-order valence-corrected chi connectivity index (χ2v) is 4.72. The maximum absolute atomic E-state index is 11.9. The molecule has 0 aliphatic carbocycles. The molecule has 6 heteroatoms. The number of piperidine rings is 1. The second kappa shape index (κ2) is 6.75. The van der Waals surface area contributed by atoms with Crippen molar-refractivity contribution in [3.05, 3.63) is 17.5 Å². The molecule has 2 N–H and O–H groups in total. The van der Waals surface area contributed by atoms with Crippen molar-refractivity contribution in [2.45, 2.75) is 19.8 Å². The minimum Gasteiger partial charge on any atom is -0.352 e. The highest BCUT2D eigenvalue weighted by Gasteiger charge is 2.16. The molecule has 1 aliphatic heterocycles. The van der Waals surface area contributed by atoms with E-state index in [0.717, 1.165) is 25.3 Å². The molecule has 1 unspecified atom stereocenters. The number of carbonyl (C=O) groups is 1. The summed E-state index contributed by atoms with van der Waals surface area (Å²) in [5.74, 6) is 0.547. The lowest BCUT2D eigenvalue weighted by atomic mass is 10.00. The van der Waals surface area contributed by atoms with Crippen LogP contribution in [0.1, 0.15) is 28.9 Å². The SMILES string of the molecule is Cc1nn(C)cc1C(=O)NCC1CCCNC1.Cl. The average Bonchev–Trinajstić information content (AvgIpc) is 2.67. The summed E-state index contributed by atoms with van der Waals surface area (Å²) in [6.07, 6.45) is 4.16. The first-order valence-corrected chi connectivity index (χ1v) is 6.16. The molecule has 1 atom stereocenters. The summed E-state index contributed by atoms with van der Waals surface area (Å²) in [6, 6.07) is 0. The molecule has 0 bridgehead atoms. The third-order valence-corrected chi connectivity index (χ3v) is 3.21. The molecule has 1 aliphatic rings. The average molecular weight is 273 g/mol. The Morgan fingerprint density at radius 2 is 2.44 bits per heavy atom. The van der Waals surface area contributed by atoms with E-state index in [0.29, 0.717) is 11.5 Å². The molecule has 1 saturated heterocycles. The predicted molar refractivity (Wildman–Crippen MR) is 73.1 cm³/mol. The Bertz CT molecular complexity index is 399. The summed E-state index contributed by atoms with van der Waals surface area (Å²) in [5.41, 5.74) is 1.46. The highest BCUT2D eigenvalue weighted by atomic mass is 35.5. The van der Waals surface area contributed by atoms with E-state index in [1.165, 1.54) is 12.8 Å².